The van der Waals surface area contributed by atoms with Crippen molar-refractivity contribution in [2.45, 2.75) is 77.8 Å². The highest BCUT2D eigenvalue weighted by atomic mass is 28.4. The molecule has 0 unspecified atom stereocenters. The lowest BCUT2D eigenvalue weighted by molar-refractivity contribution is 0.482. The molecule has 0 aromatic rings. The monoisotopic (exact) mass is 246 g/mol. The Bertz CT molecular complexity index is 192. The molecule has 0 amide bonds. The minimum Gasteiger partial charge on any atom is -0.455 e. The van der Waals surface area contributed by atoms with Crippen molar-refractivity contribution in [3.63, 3.8) is 0 Å². The number of unbranched alkanes of at least 4 members (excludes halogenated alkanes) is 1. The van der Waals surface area contributed by atoms with Crippen molar-refractivity contribution in [3.05, 3.63) is 0 Å². The van der Waals surface area contributed by atoms with E-state index in [4.69, 9.17) is 4.12 Å². The van der Waals surface area contributed by atoms with E-state index in [0.717, 1.165) is 0 Å². The minimum atomic E-state index is -1.53. The second-order valence-electron chi connectivity index (χ2n) is 6.73. The molecular formula is C12H30OSi2. The van der Waals surface area contributed by atoms with Gasteiger partial charge in [-0.25, -0.2) is 0 Å². The van der Waals surface area contributed by atoms with Crippen LogP contribution in [0.1, 0.15) is 40.5 Å². The van der Waals surface area contributed by atoms with E-state index in [-0.39, 0.29) is 0 Å². The Kier molecular flexibility index (Phi) is 5.28. The third-order valence-electron chi connectivity index (χ3n) is 3.47. The molecule has 0 aromatic heterocycles. The first-order valence-electron chi connectivity index (χ1n) is 6.22. The van der Waals surface area contributed by atoms with Crippen molar-refractivity contribution in [1.29, 1.82) is 0 Å². The molecule has 0 fully saturated rings. The van der Waals surface area contributed by atoms with Gasteiger partial charge in [-0.3, -0.25) is 0 Å². The van der Waals surface area contributed by atoms with Gasteiger partial charge in [0.2, 0.25) is 0 Å². The van der Waals surface area contributed by atoms with Gasteiger partial charge < -0.3 is 4.12 Å². The Morgan fingerprint density at radius 3 is 1.80 bits per heavy atom. The number of hydrogen-bond donors (Lipinski definition) is 0. The summed E-state index contributed by atoms with van der Waals surface area (Å²) in [7, 11) is -2.94. The molecular weight excluding hydrogens is 216 g/mol. The van der Waals surface area contributed by atoms with Crippen LogP contribution >= 0.6 is 0 Å². The van der Waals surface area contributed by atoms with Gasteiger partial charge in [-0.15, -0.1) is 0 Å². The minimum absolute atomic E-state index is 0.351. The van der Waals surface area contributed by atoms with E-state index in [9.17, 15) is 0 Å². The highest BCUT2D eigenvalue weighted by Crippen LogP contribution is 2.39. The van der Waals surface area contributed by atoms with Crippen LogP contribution in [0.2, 0.25) is 37.3 Å². The maximum atomic E-state index is 6.57. The zero-order valence-corrected chi connectivity index (χ0v) is 14.0. The third kappa shape index (κ3) is 5.32. The van der Waals surface area contributed by atoms with Crippen molar-refractivity contribution in [3.8, 4) is 0 Å². The molecule has 0 aromatic carbocycles. The molecule has 15 heavy (non-hydrogen) atoms. The summed E-state index contributed by atoms with van der Waals surface area (Å²) < 4.78 is 6.57. The quantitative estimate of drug-likeness (QED) is 0.619. The van der Waals surface area contributed by atoms with E-state index in [0.29, 0.717) is 5.04 Å². The maximum absolute atomic E-state index is 6.57. The Balaban J connectivity index is 4.43. The number of rotatable bonds is 5. The first kappa shape index (κ1) is 15.4. The lowest BCUT2D eigenvalue weighted by Gasteiger charge is -2.42. The fourth-order valence-electron chi connectivity index (χ4n) is 1.50. The summed E-state index contributed by atoms with van der Waals surface area (Å²) in [5.74, 6) is 0. The fraction of sp³-hybridized carbons (Fsp3) is 1.00. The molecule has 1 nitrogen and oxygen atoms in total. The van der Waals surface area contributed by atoms with Gasteiger partial charge in [0.1, 0.15) is 0 Å². The van der Waals surface area contributed by atoms with Crippen molar-refractivity contribution in [1.82, 2.24) is 0 Å². The predicted octanol–water partition coefficient (Wildman–Crippen LogP) is 5.01. The summed E-state index contributed by atoms with van der Waals surface area (Å²) in [5, 5.41) is 0.351. The van der Waals surface area contributed by atoms with Crippen LogP contribution in [0.3, 0.4) is 0 Å². The second kappa shape index (κ2) is 5.15. The largest absolute Gasteiger partial charge is 0.455 e. The van der Waals surface area contributed by atoms with Crippen LogP contribution in [0.5, 0.6) is 0 Å². The summed E-state index contributed by atoms with van der Waals surface area (Å²) in [6, 6.07) is 1.32. The highest BCUT2D eigenvalue weighted by Gasteiger charge is 2.41. The van der Waals surface area contributed by atoms with Gasteiger partial charge in [0.05, 0.1) is 0 Å². The van der Waals surface area contributed by atoms with Gasteiger partial charge in [-0.1, -0.05) is 40.5 Å². The summed E-state index contributed by atoms with van der Waals surface area (Å²) in [5.41, 5.74) is 0. The van der Waals surface area contributed by atoms with Crippen LogP contribution in [-0.2, 0) is 4.12 Å². The molecule has 0 bridgehead atoms. The van der Waals surface area contributed by atoms with Crippen molar-refractivity contribution in [2.75, 3.05) is 0 Å². The van der Waals surface area contributed by atoms with Crippen molar-refractivity contribution >= 4 is 16.6 Å². The number of hydrogen-bond acceptors (Lipinski definition) is 1. The maximum Gasteiger partial charge on any atom is 0.178 e. The van der Waals surface area contributed by atoms with Crippen molar-refractivity contribution in [2.24, 2.45) is 0 Å². The molecule has 0 aliphatic heterocycles. The first-order chi connectivity index (χ1) is 6.52. The summed E-state index contributed by atoms with van der Waals surface area (Å²) in [6.07, 6.45) is 2.62. The van der Waals surface area contributed by atoms with E-state index in [1.807, 2.05) is 0 Å². The second-order valence-corrected chi connectivity index (χ2v) is 16.1. The molecule has 0 atom stereocenters. The Morgan fingerprint density at radius 2 is 1.47 bits per heavy atom. The Labute approximate surface area is 98.9 Å². The predicted molar refractivity (Wildman–Crippen MR) is 75.5 cm³/mol. The Morgan fingerprint density at radius 1 is 1.00 bits per heavy atom. The Hall–Kier alpha value is 0.394. The molecule has 3 heteroatoms. The first-order valence-corrected chi connectivity index (χ1v) is 12.2. The van der Waals surface area contributed by atoms with Gasteiger partial charge in [0, 0.05) is 0 Å². The topological polar surface area (TPSA) is 9.23 Å². The van der Waals surface area contributed by atoms with E-state index in [2.05, 4.69) is 53.9 Å². The lowest BCUT2D eigenvalue weighted by atomic mass is 10.2. The highest BCUT2D eigenvalue weighted by molar-refractivity contribution is 6.86. The van der Waals surface area contributed by atoms with Gasteiger partial charge in [0.25, 0.3) is 0 Å². The van der Waals surface area contributed by atoms with E-state index >= 15 is 0 Å². The van der Waals surface area contributed by atoms with Gasteiger partial charge in [-0.2, -0.15) is 0 Å². The van der Waals surface area contributed by atoms with E-state index in [1.54, 1.807) is 0 Å². The summed E-state index contributed by atoms with van der Waals surface area (Å²) in [4.78, 5) is 0. The average Bonchev–Trinajstić information content (AvgIpc) is 1.96. The van der Waals surface area contributed by atoms with Crippen LogP contribution in [0, 0.1) is 0 Å². The molecule has 0 heterocycles. The van der Waals surface area contributed by atoms with E-state index < -0.39 is 16.6 Å². The fourth-order valence-corrected chi connectivity index (χ4v) is 9.86. The van der Waals surface area contributed by atoms with Crippen LogP contribution in [0.25, 0.3) is 0 Å². The molecule has 0 saturated carbocycles. The molecule has 0 spiro atoms. The normalized spacial score (nSPS) is 14.4. The van der Waals surface area contributed by atoms with Crippen molar-refractivity contribution < 1.29 is 4.12 Å². The molecule has 0 saturated heterocycles. The molecule has 0 radical (unpaired) electrons. The summed E-state index contributed by atoms with van der Waals surface area (Å²) in [6.45, 7) is 18.7. The van der Waals surface area contributed by atoms with E-state index in [1.165, 1.54) is 18.9 Å². The van der Waals surface area contributed by atoms with Crippen LogP contribution < -0.4 is 0 Å². The molecule has 0 rings (SSSR count). The van der Waals surface area contributed by atoms with Gasteiger partial charge in [-0.05, 0) is 37.3 Å². The molecule has 0 aliphatic carbocycles. The molecule has 92 valence electrons. The smallest absolute Gasteiger partial charge is 0.178 e. The molecule has 0 N–H and O–H groups in total. The zero-order valence-electron chi connectivity index (χ0n) is 12.0. The average molecular weight is 247 g/mol. The molecule has 0 aliphatic rings. The van der Waals surface area contributed by atoms with Crippen LogP contribution in [-0.4, -0.2) is 16.6 Å². The summed E-state index contributed by atoms with van der Waals surface area (Å²) >= 11 is 0. The van der Waals surface area contributed by atoms with Gasteiger partial charge >= 0.3 is 0 Å². The van der Waals surface area contributed by atoms with Gasteiger partial charge in [0.15, 0.2) is 16.6 Å². The van der Waals surface area contributed by atoms with Crippen LogP contribution in [0.4, 0.5) is 0 Å². The standard InChI is InChI=1S/C12H30OSi2/c1-9-10-11-14(5,6)13-15(7,8)12(2,3)4/h9-11H2,1-8H3. The lowest BCUT2D eigenvalue weighted by Crippen LogP contribution is -2.49. The zero-order chi connectivity index (χ0) is 12.3. The third-order valence-corrected chi connectivity index (χ3v) is 12.9. The van der Waals surface area contributed by atoms with Crippen LogP contribution in [0.15, 0.2) is 0 Å². The SMILES string of the molecule is CCCC[Si](C)(C)O[Si](C)(C)C(C)(C)C.